The number of aromatic nitrogens is 4. The first-order valence-corrected chi connectivity index (χ1v) is 4.84. The first-order valence-electron chi connectivity index (χ1n) is 4.46. The van der Waals surface area contributed by atoms with E-state index in [2.05, 4.69) is 15.1 Å². The molecule has 0 saturated carbocycles. The van der Waals surface area contributed by atoms with Crippen LogP contribution in [0.3, 0.4) is 0 Å². The van der Waals surface area contributed by atoms with Gasteiger partial charge in [-0.2, -0.15) is 5.10 Å². The molecular weight excluding hydrogens is 214 g/mol. The molecule has 0 aliphatic heterocycles. The number of rotatable bonds is 3. The summed E-state index contributed by atoms with van der Waals surface area (Å²) in [6.45, 7) is 0.922. The van der Waals surface area contributed by atoms with E-state index in [1.165, 1.54) is 0 Å². The van der Waals surface area contributed by atoms with Crippen LogP contribution in [0.4, 0.5) is 0 Å². The molecule has 0 spiro atoms. The molecule has 0 aliphatic rings. The van der Waals surface area contributed by atoms with E-state index in [1.54, 1.807) is 23.4 Å². The number of hydrogen-bond donors (Lipinski definition) is 1. The maximum absolute atomic E-state index is 5.97. The summed E-state index contributed by atoms with van der Waals surface area (Å²) < 4.78 is 1.70. The van der Waals surface area contributed by atoms with Gasteiger partial charge in [-0.1, -0.05) is 11.6 Å². The standard InChI is InChI=1S/C9H10ClN5/c10-8-4-12-2-1-7(8)5-15-6-13-9(3-11)14-15/h1-2,4,6H,3,5,11H2. The molecule has 0 radical (unpaired) electrons. The fourth-order valence-electron chi connectivity index (χ4n) is 1.21. The molecule has 0 bridgehead atoms. The van der Waals surface area contributed by atoms with Crippen LogP contribution in [0.15, 0.2) is 24.8 Å². The first kappa shape index (κ1) is 10.1. The van der Waals surface area contributed by atoms with Crippen LogP contribution in [0.25, 0.3) is 0 Å². The second-order valence-corrected chi connectivity index (χ2v) is 3.44. The van der Waals surface area contributed by atoms with Gasteiger partial charge in [-0.05, 0) is 11.6 Å². The molecule has 0 aliphatic carbocycles. The second-order valence-electron chi connectivity index (χ2n) is 3.03. The Balaban J connectivity index is 2.18. The summed E-state index contributed by atoms with van der Waals surface area (Å²) in [4.78, 5) is 7.94. The monoisotopic (exact) mass is 223 g/mol. The van der Waals surface area contributed by atoms with Crippen molar-refractivity contribution in [2.24, 2.45) is 5.73 Å². The fourth-order valence-corrected chi connectivity index (χ4v) is 1.39. The zero-order chi connectivity index (χ0) is 10.7. The highest BCUT2D eigenvalue weighted by Crippen LogP contribution is 2.13. The normalized spacial score (nSPS) is 10.5. The minimum Gasteiger partial charge on any atom is -0.324 e. The molecule has 15 heavy (non-hydrogen) atoms. The molecule has 2 heterocycles. The van der Waals surface area contributed by atoms with Gasteiger partial charge >= 0.3 is 0 Å². The van der Waals surface area contributed by atoms with E-state index in [1.807, 2.05) is 6.07 Å². The number of hydrogen-bond acceptors (Lipinski definition) is 4. The highest BCUT2D eigenvalue weighted by Gasteiger charge is 2.02. The van der Waals surface area contributed by atoms with Crippen molar-refractivity contribution in [3.63, 3.8) is 0 Å². The Morgan fingerprint density at radius 2 is 2.33 bits per heavy atom. The summed E-state index contributed by atoms with van der Waals surface area (Å²) in [7, 11) is 0. The van der Waals surface area contributed by atoms with Gasteiger partial charge in [0, 0.05) is 12.4 Å². The molecule has 2 aromatic rings. The van der Waals surface area contributed by atoms with E-state index in [9.17, 15) is 0 Å². The summed E-state index contributed by atoms with van der Waals surface area (Å²) in [5.74, 6) is 0.625. The van der Waals surface area contributed by atoms with Crippen LogP contribution in [-0.2, 0) is 13.1 Å². The summed E-state index contributed by atoms with van der Waals surface area (Å²) in [5.41, 5.74) is 6.37. The van der Waals surface area contributed by atoms with Gasteiger partial charge in [-0.25, -0.2) is 9.67 Å². The average molecular weight is 224 g/mol. The van der Waals surface area contributed by atoms with E-state index in [0.717, 1.165) is 5.56 Å². The van der Waals surface area contributed by atoms with Crippen molar-refractivity contribution in [2.75, 3.05) is 0 Å². The van der Waals surface area contributed by atoms with Gasteiger partial charge < -0.3 is 5.73 Å². The molecule has 78 valence electrons. The highest BCUT2D eigenvalue weighted by atomic mass is 35.5. The lowest BCUT2D eigenvalue weighted by molar-refractivity contribution is 0.671. The minimum atomic E-state index is 0.344. The minimum absolute atomic E-state index is 0.344. The van der Waals surface area contributed by atoms with Crippen LogP contribution in [0.5, 0.6) is 0 Å². The molecule has 5 nitrogen and oxygen atoms in total. The van der Waals surface area contributed by atoms with Crippen molar-refractivity contribution < 1.29 is 0 Å². The Bertz CT molecular complexity index is 453. The van der Waals surface area contributed by atoms with E-state index in [0.29, 0.717) is 23.9 Å². The molecule has 0 unspecified atom stereocenters. The largest absolute Gasteiger partial charge is 0.324 e. The molecule has 2 aromatic heterocycles. The molecule has 0 fully saturated rings. The molecule has 0 atom stereocenters. The smallest absolute Gasteiger partial charge is 0.164 e. The van der Waals surface area contributed by atoms with Crippen molar-refractivity contribution >= 4 is 11.6 Å². The van der Waals surface area contributed by atoms with Gasteiger partial charge in [0.1, 0.15) is 6.33 Å². The number of nitrogens with zero attached hydrogens (tertiary/aromatic N) is 4. The third-order valence-electron chi connectivity index (χ3n) is 1.96. The molecule has 0 saturated heterocycles. The number of nitrogens with two attached hydrogens (primary N) is 1. The summed E-state index contributed by atoms with van der Waals surface area (Å²) in [5, 5.41) is 4.79. The SMILES string of the molecule is NCc1ncn(Cc2ccncc2Cl)n1. The third-order valence-corrected chi connectivity index (χ3v) is 2.30. The van der Waals surface area contributed by atoms with Gasteiger partial charge in [-0.15, -0.1) is 0 Å². The maximum atomic E-state index is 5.97. The molecule has 0 amide bonds. The zero-order valence-corrected chi connectivity index (χ0v) is 8.72. The van der Waals surface area contributed by atoms with E-state index in [4.69, 9.17) is 17.3 Å². The molecule has 2 rings (SSSR count). The average Bonchev–Trinajstić information content (AvgIpc) is 2.69. The van der Waals surface area contributed by atoms with Gasteiger partial charge in [0.05, 0.1) is 18.1 Å². The van der Waals surface area contributed by atoms with Crippen molar-refractivity contribution in [3.05, 3.63) is 41.2 Å². The third kappa shape index (κ3) is 2.31. The van der Waals surface area contributed by atoms with Crippen LogP contribution in [0, 0.1) is 0 Å². The first-order chi connectivity index (χ1) is 7.29. The summed E-state index contributed by atoms with van der Waals surface area (Å²) in [6, 6.07) is 1.85. The molecule has 2 N–H and O–H groups in total. The van der Waals surface area contributed by atoms with Crippen molar-refractivity contribution in [3.8, 4) is 0 Å². The maximum Gasteiger partial charge on any atom is 0.164 e. The summed E-state index contributed by atoms with van der Waals surface area (Å²) >= 11 is 5.97. The van der Waals surface area contributed by atoms with Gasteiger partial charge in [0.2, 0.25) is 0 Å². The van der Waals surface area contributed by atoms with E-state index >= 15 is 0 Å². The lowest BCUT2D eigenvalue weighted by atomic mass is 10.3. The molecule has 6 heteroatoms. The quantitative estimate of drug-likeness (QED) is 0.837. The Kier molecular flexibility index (Phi) is 2.94. The van der Waals surface area contributed by atoms with Crippen molar-refractivity contribution in [1.29, 1.82) is 0 Å². The second kappa shape index (κ2) is 4.37. The van der Waals surface area contributed by atoms with Gasteiger partial charge in [0.15, 0.2) is 5.82 Å². The lowest BCUT2D eigenvalue weighted by Crippen LogP contribution is -2.04. The summed E-state index contributed by atoms with van der Waals surface area (Å²) in [6.07, 6.45) is 4.94. The predicted molar refractivity (Wildman–Crippen MR) is 56.3 cm³/mol. The van der Waals surface area contributed by atoms with E-state index < -0.39 is 0 Å². The predicted octanol–water partition coefficient (Wildman–Crippen LogP) is 0.833. The Morgan fingerprint density at radius 3 is 3.00 bits per heavy atom. The van der Waals surface area contributed by atoms with Crippen LogP contribution >= 0.6 is 11.6 Å². The van der Waals surface area contributed by atoms with Gasteiger partial charge in [0.25, 0.3) is 0 Å². The number of halogens is 1. The topological polar surface area (TPSA) is 69.6 Å². The Labute approximate surface area is 91.9 Å². The Hall–Kier alpha value is -1.46. The zero-order valence-electron chi connectivity index (χ0n) is 7.97. The van der Waals surface area contributed by atoms with Crippen LogP contribution < -0.4 is 5.73 Å². The molecule has 0 aromatic carbocycles. The fraction of sp³-hybridized carbons (Fsp3) is 0.222. The van der Waals surface area contributed by atoms with Gasteiger partial charge in [-0.3, -0.25) is 4.98 Å². The van der Waals surface area contributed by atoms with E-state index in [-0.39, 0.29) is 0 Å². The number of pyridine rings is 1. The highest BCUT2D eigenvalue weighted by molar-refractivity contribution is 6.31. The van der Waals surface area contributed by atoms with Crippen LogP contribution in [0.2, 0.25) is 5.02 Å². The lowest BCUT2D eigenvalue weighted by Gasteiger charge is -2.02. The molecular formula is C9H10ClN5. The van der Waals surface area contributed by atoms with Crippen molar-refractivity contribution in [2.45, 2.75) is 13.1 Å². The van der Waals surface area contributed by atoms with Crippen LogP contribution in [-0.4, -0.2) is 19.7 Å². The Morgan fingerprint density at radius 1 is 1.47 bits per heavy atom. The van der Waals surface area contributed by atoms with Crippen molar-refractivity contribution in [1.82, 2.24) is 19.7 Å². The van der Waals surface area contributed by atoms with Crippen LogP contribution in [0.1, 0.15) is 11.4 Å².